The molecule has 0 fully saturated rings. The van der Waals surface area contributed by atoms with Crippen LogP contribution in [-0.4, -0.2) is 23.1 Å². The van der Waals surface area contributed by atoms with Gasteiger partial charge in [0.1, 0.15) is 0 Å². The molecule has 0 amide bonds. The van der Waals surface area contributed by atoms with Crippen LogP contribution < -0.4 is 11.5 Å². The summed E-state index contributed by atoms with van der Waals surface area (Å²) in [7, 11) is 0. The van der Waals surface area contributed by atoms with Gasteiger partial charge in [0.25, 0.3) is 0 Å². The smallest absolute Gasteiger partial charge is 0.220 e. The molecule has 0 aliphatic rings. The van der Waals surface area contributed by atoms with Gasteiger partial charge in [0.05, 0.1) is 11.1 Å². The van der Waals surface area contributed by atoms with Gasteiger partial charge >= 0.3 is 0 Å². The molecule has 81 valence electrons. The molecule has 4 nitrogen and oxygen atoms in total. The zero-order valence-electron chi connectivity index (χ0n) is 9.26. The van der Waals surface area contributed by atoms with Gasteiger partial charge in [-0.05, 0) is 20.3 Å². The lowest BCUT2D eigenvalue weighted by Gasteiger charge is -2.31. The molecule has 0 aromatic carbocycles. The fraction of sp³-hybridized carbons (Fsp3) is 0.800. The summed E-state index contributed by atoms with van der Waals surface area (Å²) < 4.78 is 0. The Labute approximate surface area is 85.0 Å². The lowest BCUT2D eigenvalue weighted by molar-refractivity contribution is -0.128. The van der Waals surface area contributed by atoms with Crippen molar-refractivity contribution in [3.63, 3.8) is 0 Å². The van der Waals surface area contributed by atoms with Crippen LogP contribution in [0.25, 0.3) is 0 Å². The van der Waals surface area contributed by atoms with E-state index in [1.54, 1.807) is 20.1 Å². The van der Waals surface area contributed by atoms with Crippen molar-refractivity contribution in [3.8, 4) is 0 Å². The maximum atomic E-state index is 11.8. The second kappa shape index (κ2) is 4.19. The van der Waals surface area contributed by atoms with Crippen molar-refractivity contribution in [2.75, 3.05) is 0 Å². The van der Waals surface area contributed by atoms with E-state index in [-0.39, 0.29) is 5.78 Å². The minimum absolute atomic E-state index is 0.201. The highest BCUT2D eigenvalue weighted by atomic mass is 16.1. The SMILES string of the molecule is CC[C@](C)(N)C(=O)C(C)[C@@](C)(N)[C]=O. The number of nitrogens with two attached hydrogens (primary N) is 2. The van der Waals surface area contributed by atoms with Crippen LogP contribution in [-0.2, 0) is 9.59 Å². The molecule has 4 heteroatoms. The van der Waals surface area contributed by atoms with Gasteiger partial charge in [0.2, 0.25) is 6.29 Å². The van der Waals surface area contributed by atoms with Gasteiger partial charge in [-0.15, -0.1) is 0 Å². The van der Waals surface area contributed by atoms with Crippen molar-refractivity contribution < 1.29 is 9.59 Å². The molecule has 1 radical (unpaired) electrons. The molecule has 3 atom stereocenters. The van der Waals surface area contributed by atoms with Crippen LogP contribution >= 0.6 is 0 Å². The molecule has 0 heterocycles. The Balaban J connectivity index is 4.80. The Bertz CT molecular complexity index is 234. The van der Waals surface area contributed by atoms with E-state index >= 15 is 0 Å². The zero-order valence-corrected chi connectivity index (χ0v) is 9.26. The summed E-state index contributed by atoms with van der Waals surface area (Å²) in [4.78, 5) is 22.4. The number of Topliss-reactive ketones (excluding diaryl/α,β-unsaturated/α-hetero) is 1. The van der Waals surface area contributed by atoms with Crippen molar-refractivity contribution in [2.24, 2.45) is 17.4 Å². The van der Waals surface area contributed by atoms with Gasteiger partial charge in [-0.3, -0.25) is 9.59 Å². The lowest BCUT2D eigenvalue weighted by atomic mass is 9.78. The normalized spacial score (nSPS) is 21.9. The first-order valence-corrected chi connectivity index (χ1v) is 4.70. The predicted octanol–water partition coefficient (Wildman–Crippen LogP) is 0.146. The number of hydrogen-bond acceptors (Lipinski definition) is 4. The first-order chi connectivity index (χ1) is 6.19. The van der Waals surface area contributed by atoms with Crippen molar-refractivity contribution >= 4 is 12.1 Å². The number of ketones is 1. The van der Waals surface area contributed by atoms with Gasteiger partial charge < -0.3 is 11.5 Å². The average Bonchev–Trinajstić information content (AvgIpc) is 2.15. The van der Waals surface area contributed by atoms with Crippen LogP contribution in [0.2, 0.25) is 0 Å². The van der Waals surface area contributed by atoms with E-state index in [0.29, 0.717) is 6.42 Å². The molecule has 1 unspecified atom stereocenters. The number of hydrogen-bond donors (Lipinski definition) is 2. The fourth-order valence-electron chi connectivity index (χ4n) is 1.03. The van der Waals surface area contributed by atoms with Crippen LogP contribution in [0.5, 0.6) is 0 Å². The highest BCUT2D eigenvalue weighted by Gasteiger charge is 2.39. The molecule has 0 saturated heterocycles. The third kappa shape index (κ3) is 2.62. The van der Waals surface area contributed by atoms with E-state index in [1.807, 2.05) is 6.92 Å². The van der Waals surface area contributed by atoms with E-state index in [0.717, 1.165) is 0 Å². The van der Waals surface area contributed by atoms with Crippen LogP contribution in [0.3, 0.4) is 0 Å². The van der Waals surface area contributed by atoms with Crippen LogP contribution in [0.4, 0.5) is 0 Å². The molecule has 0 bridgehead atoms. The van der Waals surface area contributed by atoms with Crippen LogP contribution in [0.15, 0.2) is 0 Å². The maximum Gasteiger partial charge on any atom is 0.220 e. The van der Waals surface area contributed by atoms with Gasteiger partial charge in [-0.1, -0.05) is 13.8 Å². The van der Waals surface area contributed by atoms with Crippen molar-refractivity contribution in [3.05, 3.63) is 0 Å². The summed E-state index contributed by atoms with van der Waals surface area (Å²) in [6, 6.07) is 0. The van der Waals surface area contributed by atoms with Gasteiger partial charge in [0, 0.05) is 5.92 Å². The van der Waals surface area contributed by atoms with E-state index in [2.05, 4.69) is 0 Å². The molecular weight excluding hydrogens is 180 g/mol. The fourth-order valence-corrected chi connectivity index (χ4v) is 1.03. The zero-order chi connectivity index (χ0) is 11.6. The second-order valence-corrected chi connectivity index (χ2v) is 4.24. The Morgan fingerprint density at radius 1 is 1.43 bits per heavy atom. The summed E-state index contributed by atoms with van der Waals surface area (Å²) in [5.41, 5.74) is 9.21. The van der Waals surface area contributed by atoms with Gasteiger partial charge in [0.15, 0.2) is 5.78 Å². The third-order valence-electron chi connectivity index (χ3n) is 2.81. The number of carbonyl (C=O) groups is 1. The van der Waals surface area contributed by atoms with Crippen molar-refractivity contribution in [2.45, 2.75) is 45.2 Å². The lowest BCUT2D eigenvalue weighted by Crippen LogP contribution is -2.56. The minimum Gasteiger partial charge on any atom is -0.319 e. The molecule has 0 saturated carbocycles. The first-order valence-electron chi connectivity index (χ1n) is 4.70. The van der Waals surface area contributed by atoms with Crippen molar-refractivity contribution in [1.82, 2.24) is 0 Å². The topological polar surface area (TPSA) is 86.2 Å². The van der Waals surface area contributed by atoms with Gasteiger partial charge in [-0.2, -0.15) is 0 Å². The average molecular weight is 199 g/mol. The molecule has 0 spiro atoms. The number of rotatable bonds is 5. The summed E-state index contributed by atoms with van der Waals surface area (Å²) >= 11 is 0. The van der Waals surface area contributed by atoms with Crippen LogP contribution in [0, 0.1) is 5.92 Å². The second-order valence-electron chi connectivity index (χ2n) is 4.24. The van der Waals surface area contributed by atoms with Crippen LogP contribution in [0.1, 0.15) is 34.1 Å². The summed E-state index contributed by atoms with van der Waals surface area (Å²) in [6.45, 7) is 6.55. The molecule has 0 aliphatic carbocycles. The molecular formula is C10H19N2O2. The summed E-state index contributed by atoms with van der Waals surface area (Å²) in [5.74, 6) is -0.816. The highest BCUT2D eigenvalue weighted by molar-refractivity contribution is 5.93. The standard InChI is InChI=1S/C10H19N2O2/c1-5-9(3,11)8(14)7(2)10(4,12)6-13/h7H,5,11-12H2,1-4H3/t7?,9-,10-/m0/s1. The Hall–Kier alpha value is -0.740. The molecule has 0 aromatic heterocycles. The number of carbonyl (C=O) groups excluding carboxylic acids is 2. The van der Waals surface area contributed by atoms with E-state index in [9.17, 15) is 9.59 Å². The van der Waals surface area contributed by atoms with Crippen molar-refractivity contribution in [1.29, 1.82) is 0 Å². The quantitative estimate of drug-likeness (QED) is 0.659. The monoisotopic (exact) mass is 199 g/mol. The van der Waals surface area contributed by atoms with E-state index < -0.39 is 17.0 Å². The third-order valence-corrected chi connectivity index (χ3v) is 2.81. The van der Waals surface area contributed by atoms with E-state index in [1.165, 1.54) is 6.92 Å². The summed E-state index contributed by atoms with van der Waals surface area (Å²) in [6.07, 6.45) is 2.19. The molecule has 0 aromatic rings. The molecule has 0 rings (SSSR count). The summed E-state index contributed by atoms with van der Waals surface area (Å²) in [5, 5.41) is 0. The Morgan fingerprint density at radius 3 is 2.14 bits per heavy atom. The van der Waals surface area contributed by atoms with Gasteiger partial charge in [-0.25, -0.2) is 0 Å². The molecule has 14 heavy (non-hydrogen) atoms. The Morgan fingerprint density at radius 2 is 1.86 bits per heavy atom. The first kappa shape index (κ1) is 13.3. The Kier molecular flexibility index (Phi) is 3.97. The maximum absolute atomic E-state index is 11.8. The minimum atomic E-state index is -1.26. The largest absolute Gasteiger partial charge is 0.319 e. The van der Waals surface area contributed by atoms with E-state index in [4.69, 9.17) is 11.5 Å². The highest BCUT2D eigenvalue weighted by Crippen LogP contribution is 2.20. The predicted molar refractivity (Wildman–Crippen MR) is 55.3 cm³/mol. The molecule has 0 aliphatic heterocycles. The molecule has 4 N–H and O–H groups in total.